The summed E-state index contributed by atoms with van der Waals surface area (Å²) in [6, 6.07) is 7.39. The second-order valence-corrected chi connectivity index (χ2v) is 5.58. The van der Waals surface area contributed by atoms with Gasteiger partial charge in [0.25, 0.3) is 5.91 Å². The number of aryl methyl sites for hydroxylation is 2. The van der Waals surface area contributed by atoms with Crippen molar-refractivity contribution in [2.45, 2.75) is 33.4 Å². The first-order valence-corrected chi connectivity index (χ1v) is 7.45. The lowest BCUT2D eigenvalue weighted by atomic mass is 10.1. The van der Waals surface area contributed by atoms with Crippen LogP contribution in [0, 0.1) is 13.8 Å². The number of pyridine rings is 1. The highest BCUT2D eigenvalue weighted by atomic mass is 35.5. The molecule has 2 aromatic rings. The molecule has 0 aliphatic rings. The van der Waals surface area contributed by atoms with Crippen molar-refractivity contribution in [3.05, 3.63) is 58.4 Å². The van der Waals surface area contributed by atoms with Crippen LogP contribution < -0.4 is 10.1 Å². The molecule has 116 valence electrons. The Balaban J connectivity index is 1.94. The van der Waals surface area contributed by atoms with Gasteiger partial charge in [-0.15, -0.1) is 0 Å². The van der Waals surface area contributed by atoms with Gasteiger partial charge in [-0.3, -0.25) is 9.78 Å². The molecule has 1 atom stereocenters. The molecule has 1 aromatic heterocycles. The van der Waals surface area contributed by atoms with E-state index in [1.165, 1.54) is 0 Å². The lowest BCUT2D eigenvalue weighted by Crippen LogP contribution is -2.35. The summed E-state index contributed by atoms with van der Waals surface area (Å²) in [4.78, 5) is 16.0. The SMILES string of the molecule is Cc1cc(O[C@H](C)C(=O)NCc2ccncc2)cc(C)c1Cl. The van der Waals surface area contributed by atoms with Crippen molar-refractivity contribution in [1.29, 1.82) is 0 Å². The van der Waals surface area contributed by atoms with Gasteiger partial charge in [0.15, 0.2) is 6.10 Å². The van der Waals surface area contributed by atoms with Gasteiger partial charge in [0.2, 0.25) is 0 Å². The highest BCUT2D eigenvalue weighted by molar-refractivity contribution is 6.32. The van der Waals surface area contributed by atoms with Gasteiger partial charge in [-0.2, -0.15) is 0 Å². The minimum Gasteiger partial charge on any atom is -0.481 e. The quantitative estimate of drug-likeness (QED) is 0.918. The van der Waals surface area contributed by atoms with Crippen molar-refractivity contribution >= 4 is 17.5 Å². The molecule has 1 aromatic carbocycles. The van der Waals surface area contributed by atoms with Crippen LogP contribution in [0.5, 0.6) is 5.75 Å². The zero-order chi connectivity index (χ0) is 16.1. The highest BCUT2D eigenvalue weighted by Crippen LogP contribution is 2.26. The van der Waals surface area contributed by atoms with Crippen LogP contribution in [0.15, 0.2) is 36.7 Å². The fraction of sp³-hybridized carbons (Fsp3) is 0.294. The third-order valence-electron chi connectivity index (χ3n) is 3.31. The second kappa shape index (κ2) is 7.27. The number of nitrogens with zero attached hydrogens (tertiary/aromatic N) is 1. The molecular formula is C17H19ClN2O2. The maximum absolute atomic E-state index is 12.1. The molecule has 0 aliphatic heterocycles. The smallest absolute Gasteiger partial charge is 0.261 e. The van der Waals surface area contributed by atoms with Gasteiger partial charge in [0.05, 0.1) is 0 Å². The van der Waals surface area contributed by atoms with Gasteiger partial charge in [0, 0.05) is 24.0 Å². The Labute approximate surface area is 135 Å². The van der Waals surface area contributed by atoms with E-state index in [-0.39, 0.29) is 5.91 Å². The molecule has 0 saturated carbocycles. The number of carbonyl (C=O) groups excluding carboxylic acids is 1. The molecule has 0 fully saturated rings. The maximum atomic E-state index is 12.1. The van der Waals surface area contributed by atoms with E-state index in [2.05, 4.69) is 10.3 Å². The Morgan fingerprint density at radius 2 is 1.86 bits per heavy atom. The first-order valence-electron chi connectivity index (χ1n) is 7.07. The monoisotopic (exact) mass is 318 g/mol. The van der Waals surface area contributed by atoms with E-state index in [9.17, 15) is 4.79 Å². The number of nitrogens with one attached hydrogen (secondary N) is 1. The maximum Gasteiger partial charge on any atom is 0.261 e. The predicted molar refractivity (Wildman–Crippen MR) is 87.1 cm³/mol. The molecule has 2 rings (SSSR count). The Morgan fingerprint density at radius 1 is 1.27 bits per heavy atom. The van der Waals surface area contributed by atoms with Gasteiger partial charge in [0.1, 0.15) is 5.75 Å². The topological polar surface area (TPSA) is 51.2 Å². The van der Waals surface area contributed by atoms with Crippen LogP contribution in [-0.4, -0.2) is 17.0 Å². The minimum atomic E-state index is -0.582. The largest absolute Gasteiger partial charge is 0.481 e. The molecule has 1 N–H and O–H groups in total. The number of halogens is 1. The summed E-state index contributed by atoms with van der Waals surface area (Å²) in [6.45, 7) is 6.00. The Hall–Kier alpha value is -2.07. The van der Waals surface area contributed by atoms with Gasteiger partial charge in [-0.05, 0) is 61.7 Å². The number of hydrogen-bond donors (Lipinski definition) is 1. The van der Waals surface area contributed by atoms with Crippen molar-refractivity contribution < 1.29 is 9.53 Å². The lowest BCUT2D eigenvalue weighted by molar-refractivity contribution is -0.127. The normalized spacial score (nSPS) is 11.8. The summed E-state index contributed by atoms with van der Waals surface area (Å²) >= 11 is 6.13. The van der Waals surface area contributed by atoms with Gasteiger partial charge >= 0.3 is 0 Å². The molecule has 0 unspecified atom stereocenters. The fourth-order valence-corrected chi connectivity index (χ4v) is 2.17. The van der Waals surface area contributed by atoms with Crippen LogP contribution in [0.3, 0.4) is 0 Å². The number of rotatable bonds is 5. The molecule has 22 heavy (non-hydrogen) atoms. The third kappa shape index (κ3) is 4.21. The summed E-state index contributed by atoms with van der Waals surface area (Å²) in [7, 11) is 0. The van der Waals surface area contributed by atoms with Crippen LogP contribution in [0.25, 0.3) is 0 Å². The number of hydrogen-bond acceptors (Lipinski definition) is 3. The molecule has 0 radical (unpaired) electrons. The van der Waals surface area contributed by atoms with Crippen LogP contribution in [0.4, 0.5) is 0 Å². The van der Waals surface area contributed by atoms with E-state index in [1.807, 2.05) is 38.1 Å². The van der Waals surface area contributed by atoms with E-state index in [0.717, 1.165) is 21.7 Å². The standard InChI is InChI=1S/C17H19ClN2O2/c1-11-8-15(9-12(2)16(11)18)22-13(3)17(21)20-10-14-4-6-19-7-5-14/h4-9,13H,10H2,1-3H3,(H,20,21)/t13-/m1/s1. The highest BCUT2D eigenvalue weighted by Gasteiger charge is 2.15. The molecular weight excluding hydrogens is 300 g/mol. The van der Waals surface area contributed by atoms with E-state index in [4.69, 9.17) is 16.3 Å². The lowest BCUT2D eigenvalue weighted by Gasteiger charge is -2.16. The van der Waals surface area contributed by atoms with Crippen LogP contribution >= 0.6 is 11.6 Å². The van der Waals surface area contributed by atoms with E-state index in [0.29, 0.717) is 12.3 Å². The molecule has 0 saturated heterocycles. The second-order valence-electron chi connectivity index (χ2n) is 5.20. The van der Waals surface area contributed by atoms with Crippen molar-refractivity contribution in [1.82, 2.24) is 10.3 Å². The average molecular weight is 319 g/mol. The Morgan fingerprint density at radius 3 is 2.45 bits per heavy atom. The van der Waals surface area contributed by atoms with Gasteiger partial charge in [-0.1, -0.05) is 11.6 Å². The number of aromatic nitrogens is 1. The van der Waals surface area contributed by atoms with Crippen molar-refractivity contribution in [2.24, 2.45) is 0 Å². The summed E-state index contributed by atoms with van der Waals surface area (Å²) in [5, 5.41) is 3.57. The molecule has 0 bridgehead atoms. The molecule has 1 amide bonds. The summed E-state index contributed by atoms with van der Waals surface area (Å²) in [5.41, 5.74) is 2.86. The molecule has 1 heterocycles. The third-order valence-corrected chi connectivity index (χ3v) is 3.90. The summed E-state index contributed by atoms with van der Waals surface area (Å²) in [6.07, 6.45) is 2.81. The molecule has 5 heteroatoms. The van der Waals surface area contributed by atoms with E-state index >= 15 is 0 Å². The zero-order valence-electron chi connectivity index (χ0n) is 12.9. The molecule has 4 nitrogen and oxygen atoms in total. The first-order chi connectivity index (χ1) is 10.5. The Bertz CT molecular complexity index is 636. The van der Waals surface area contributed by atoms with Crippen molar-refractivity contribution in [2.75, 3.05) is 0 Å². The fourth-order valence-electron chi connectivity index (χ4n) is 2.07. The average Bonchev–Trinajstić information content (AvgIpc) is 2.51. The van der Waals surface area contributed by atoms with E-state index in [1.54, 1.807) is 19.3 Å². The number of benzene rings is 1. The number of carbonyl (C=O) groups is 1. The minimum absolute atomic E-state index is 0.165. The van der Waals surface area contributed by atoms with Gasteiger partial charge < -0.3 is 10.1 Å². The van der Waals surface area contributed by atoms with Crippen LogP contribution in [0.1, 0.15) is 23.6 Å². The van der Waals surface area contributed by atoms with Crippen LogP contribution in [-0.2, 0) is 11.3 Å². The summed E-state index contributed by atoms with van der Waals surface area (Å²) < 4.78 is 5.70. The Kier molecular flexibility index (Phi) is 5.39. The number of amides is 1. The molecule has 0 aliphatic carbocycles. The van der Waals surface area contributed by atoms with Gasteiger partial charge in [-0.25, -0.2) is 0 Å². The van der Waals surface area contributed by atoms with E-state index < -0.39 is 6.10 Å². The molecule has 0 spiro atoms. The van der Waals surface area contributed by atoms with Crippen molar-refractivity contribution in [3.8, 4) is 5.75 Å². The predicted octanol–water partition coefficient (Wildman–Crippen LogP) is 3.44. The van der Waals surface area contributed by atoms with Crippen LogP contribution in [0.2, 0.25) is 5.02 Å². The van der Waals surface area contributed by atoms with Crippen molar-refractivity contribution in [3.63, 3.8) is 0 Å². The first kappa shape index (κ1) is 16.3. The zero-order valence-corrected chi connectivity index (χ0v) is 13.6. The summed E-state index contributed by atoms with van der Waals surface area (Å²) in [5.74, 6) is 0.480. The number of ether oxygens (including phenoxy) is 1.